The number of rotatable bonds is 2. The third-order valence-corrected chi connectivity index (χ3v) is 3.04. The lowest BCUT2D eigenvalue weighted by atomic mass is 10.2. The van der Waals surface area contributed by atoms with E-state index in [1.807, 2.05) is 0 Å². The first kappa shape index (κ1) is 11.7. The molecule has 1 amide bonds. The molecule has 0 spiro atoms. The van der Waals surface area contributed by atoms with Gasteiger partial charge in [-0.1, -0.05) is 11.6 Å². The molecule has 0 aliphatic rings. The van der Waals surface area contributed by atoms with Crippen LogP contribution in [-0.4, -0.2) is 10.9 Å². The molecule has 0 saturated carbocycles. The van der Waals surface area contributed by atoms with Gasteiger partial charge < -0.3 is 20.5 Å². The highest BCUT2D eigenvalue weighted by molar-refractivity contribution is 6.34. The Kier molecular flexibility index (Phi) is 2.68. The van der Waals surface area contributed by atoms with Crippen LogP contribution in [-0.2, 0) is 0 Å². The standard InChI is InChI=1S/C13H10ClN3O2/c14-8-5-7(15)1-2-9(8)17-13(18)11-6-12-10(16-11)3-4-19-12/h1-6,16H,15H2,(H,17,18). The quantitative estimate of drug-likeness (QED) is 0.628. The van der Waals surface area contributed by atoms with Gasteiger partial charge in [0.2, 0.25) is 0 Å². The fourth-order valence-corrected chi connectivity index (χ4v) is 2.03. The summed E-state index contributed by atoms with van der Waals surface area (Å²) in [6.45, 7) is 0. The highest BCUT2D eigenvalue weighted by Crippen LogP contribution is 2.25. The Morgan fingerprint density at radius 3 is 2.89 bits per heavy atom. The number of halogens is 1. The maximum atomic E-state index is 12.0. The summed E-state index contributed by atoms with van der Waals surface area (Å²) in [5, 5.41) is 3.10. The van der Waals surface area contributed by atoms with Gasteiger partial charge in [-0.2, -0.15) is 0 Å². The molecule has 5 nitrogen and oxygen atoms in total. The monoisotopic (exact) mass is 275 g/mol. The van der Waals surface area contributed by atoms with E-state index < -0.39 is 0 Å². The number of aromatic amines is 1. The van der Waals surface area contributed by atoms with Gasteiger partial charge >= 0.3 is 0 Å². The Morgan fingerprint density at radius 2 is 2.16 bits per heavy atom. The number of amides is 1. The van der Waals surface area contributed by atoms with Gasteiger partial charge in [0.1, 0.15) is 5.69 Å². The number of aromatic nitrogens is 1. The van der Waals surface area contributed by atoms with Crippen molar-refractivity contribution in [2.75, 3.05) is 11.1 Å². The number of fused-ring (bicyclic) bond motifs is 1. The molecule has 19 heavy (non-hydrogen) atoms. The van der Waals surface area contributed by atoms with E-state index in [0.717, 1.165) is 5.52 Å². The normalized spacial score (nSPS) is 10.8. The summed E-state index contributed by atoms with van der Waals surface area (Å²) in [6.07, 6.45) is 1.56. The molecule has 6 heteroatoms. The van der Waals surface area contributed by atoms with Gasteiger partial charge in [0.25, 0.3) is 5.91 Å². The summed E-state index contributed by atoms with van der Waals surface area (Å²) < 4.78 is 5.18. The van der Waals surface area contributed by atoms with E-state index >= 15 is 0 Å². The summed E-state index contributed by atoms with van der Waals surface area (Å²) in [7, 11) is 0. The first-order valence-electron chi connectivity index (χ1n) is 5.56. The van der Waals surface area contributed by atoms with E-state index in [0.29, 0.717) is 27.7 Å². The number of H-pyrrole nitrogens is 1. The summed E-state index contributed by atoms with van der Waals surface area (Å²) in [5.41, 5.74) is 8.45. The van der Waals surface area contributed by atoms with Crippen LogP contribution < -0.4 is 11.1 Å². The van der Waals surface area contributed by atoms with Crippen molar-refractivity contribution in [1.29, 1.82) is 0 Å². The third-order valence-electron chi connectivity index (χ3n) is 2.73. The van der Waals surface area contributed by atoms with Crippen LogP contribution >= 0.6 is 11.6 Å². The minimum atomic E-state index is -0.293. The van der Waals surface area contributed by atoms with Gasteiger partial charge in [-0.3, -0.25) is 4.79 Å². The molecule has 0 unspecified atom stereocenters. The molecule has 2 heterocycles. The number of anilines is 2. The number of nitrogens with two attached hydrogens (primary N) is 1. The predicted molar refractivity (Wildman–Crippen MR) is 74.4 cm³/mol. The van der Waals surface area contributed by atoms with Crippen molar-refractivity contribution in [3.8, 4) is 0 Å². The Balaban J connectivity index is 1.86. The first-order chi connectivity index (χ1) is 9.13. The number of nitrogen functional groups attached to an aromatic ring is 1. The number of nitrogens with one attached hydrogen (secondary N) is 2. The second-order valence-electron chi connectivity index (χ2n) is 4.07. The molecule has 3 rings (SSSR count). The third kappa shape index (κ3) is 2.15. The Bertz CT molecular complexity index is 732. The number of benzene rings is 1. The number of hydrogen-bond donors (Lipinski definition) is 3. The van der Waals surface area contributed by atoms with Gasteiger partial charge in [0.15, 0.2) is 5.58 Å². The van der Waals surface area contributed by atoms with Crippen LogP contribution in [0.4, 0.5) is 11.4 Å². The Labute approximate surface area is 113 Å². The van der Waals surface area contributed by atoms with Crippen LogP contribution in [0.3, 0.4) is 0 Å². The average molecular weight is 276 g/mol. The number of hydrogen-bond acceptors (Lipinski definition) is 3. The fourth-order valence-electron chi connectivity index (χ4n) is 1.79. The zero-order valence-electron chi connectivity index (χ0n) is 9.74. The fraction of sp³-hybridized carbons (Fsp3) is 0. The van der Waals surface area contributed by atoms with E-state index in [4.69, 9.17) is 21.8 Å². The summed E-state index contributed by atoms with van der Waals surface area (Å²) in [4.78, 5) is 15.0. The maximum Gasteiger partial charge on any atom is 0.272 e. The van der Waals surface area contributed by atoms with Crippen LogP contribution in [0.2, 0.25) is 5.02 Å². The molecule has 96 valence electrons. The molecule has 0 saturated heterocycles. The second kappa shape index (κ2) is 4.37. The zero-order valence-corrected chi connectivity index (χ0v) is 10.5. The van der Waals surface area contributed by atoms with E-state index in [1.54, 1.807) is 36.6 Å². The summed E-state index contributed by atoms with van der Waals surface area (Å²) in [6, 6.07) is 8.29. The van der Waals surface area contributed by atoms with Crippen molar-refractivity contribution in [2.24, 2.45) is 0 Å². The molecule has 1 aromatic carbocycles. The Morgan fingerprint density at radius 1 is 1.32 bits per heavy atom. The average Bonchev–Trinajstić information content (AvgIpc) is 2.93. The summed E-state index contributed by atoms with van der Waals surface area (Å²) in [5.74, 6) is -0.293. The smallest absolute Gasteiger partial charge is 0.272 e. The SMILES string of the molecule is Nc1ccc(NC(=O)c2cc3occc3[nH]2)c(Cl)c1. The minimum Gasteiger partial charge on any atom is -0.463 e. The highest BCUT2D eigenvalue weighted by atomic mass is 35.5. The van der Waals surface area contributed by atoms with Crippen molar-refractivity contribution >= 4 is 40.0 Å². The topological polar surface area (TPSA) is 84.0 Å². The molecule has 0 radical (unpaired) electrons. The molecule has 2 aromatic heterocycles. The van der Waals surface area contributed by atoms with Crippen LogP contribution in [0.5, 0.6) is 0 Å². The molecular formula is C13H10ClN3O2. The first-order valence-corrected chi connectivity index (χ1v) is 5.94. The molecule has 0 bridgehead atoms. The van der Waals surface area contributed by atoms with Crippen LogP contribution in [0.15, 0.2) is 41.0 Å². The van der Waals surface area contributed by atoms with Crippen molar-refractivity contribution in [2.45, 2.75) is 0 Å². The molecular weight excluding hydrogens is 266 g/mol. The minimum absolute atomic E-state index is 0.293. The van der Waals surface area contributed by atoms with Gasteiger partial charge in [-0.25, -0.2) is 0 Å². The second-order valence-corrected chi connectivity index (χ2v) is 4.48. The van der Waals surface area contributed by atoms with Gasteiger partial charge in [0, 0.05) is 17.8 Å². The molecule has 0 aliphatic carbocycles. The zero-order chi connectivity index (χ0) is 13.4. The van der Waals surface area contributed by atoms with Gasteiger partial charge in [0.05, 0.1) is 22.5 Å². The van der Waals surface area contributed by atoms with Crippen molar-refractivity contribution < 1.29 is 9.21 Å². The lowest BCUT2D eigenvalue weighted by molar-refractivity contribution is 0.102. The van der Waals surface area contributed by atoms with Crippen LogP contribution in [0.25, 0.3) is 11.1 Å². The van der Waals surface area contributed by atoms with Crippen molar-refractivity contribution in [3.05, 3.63) is 47.3 Å². The van der Waals surface area contributed by atoms with Crippen LogP contribution in [0.1, 0.15) is 10.5 Å². The number of furan rings is 1. The summed E-state index contributed by atoms with van der Waals surface area (Å²) >= 11 is 6.00. The lowest BCUT2D eigenvalue weighted by Crippen LogP contribution is -2.12. The van der Waals surface area contributed by atoms with E-state index in [2.05, 4.69) is 10.3 Å². The van der Waals surface area contributed by atoms with E-state index in [1.165, 1.54) is 0 Å². The van der Waals surface area contributed by atoms with Crippen molar-refractivity contribution in [1.82, 2.24) is 4.98 Å². The number of carbonyl (C=O) groups is 1. The van der Waals surface area contributed by atoms with Gasteiger partial charge in [-0.15, -0.1) is 0 Å². The lowest BCUT2D eigenvalue weighted by Gasteiger charge is -2.06. The molecule has 0 atom stereocenters. The van der Waals surface area contributed by atoms with Crippen molar-refractivity contribution in [3.63, 3.8) is 0 Å². The predicted octanol–water partition coefficient (Wildman–Crippen LogP) is 3.25. The number of carbonyl (C=O) groups excluding carboxylic acids is 1. The van der Waals surface area contributed by atoms with Gasteiger partial charge in [-0.05, 0) is 18.2 Å². The molecule has 0 fully saturated rings. The maximum absolute atomic E-state index is 12.0. The largest absolute Gasteiger partial charge is 0.463 e. The molecule has 3 aromatic rings. The molecule has 0 aliphatic heterocycles. The Hall–Kier alpha value is -2.40. The van der Waals surface area contributed by atoms with E-state index in [-0.39, 0.29) is 5.91 Å². The van der Waals surface area contributed by atoms with E-state index in [9.17, 15) is 4.79 Å². The molecule has 4 N–H and O–H groups in total. The van der Waals surface area contributed by atoms with Crippen LogP contribution in [0, 0.1) is 0 Å². The highest BCUT2D eigenvalue weighted by Gasteiger charge is 2.12.